The summed E-state index contributed by atoms with van der Waals surface area (Å²) in [6, 6.07) is 31.9. The van der Waals surface area contributed by atoms with E-state index in [-0.39, 0.29) is 5.41 Å². The quantitative estimate of drug-likeness (QED) is 0.0989. The van der Waals surface area contributed by atoms with Crippen molar-refractivity contribution in [2.45, 2.75) is 60.8 Å². The number of nitrogens with zero attached hydrogens (tertiary/aromatic N) is 2. The lowest BCUT2D eigenvalue weighted by Gasteiger charge is -2.21. The highest BCUT2D eigenvalue weighted by molar-refractivity contribution is 6.41. The SMILES string of the molecule is C/N=C(C)/C=C(C)\C(C)=C(/c1cc(-c2ccc(C(C)(C)C)cc2)cc(-c2ccc3ccccc3c2)c1)c1c(C)cc(C)n1B(F)F. The van der Waals surface area contributed by atoms with Crippen LogP contribution in [0, 0.1) is 13.8 Å². The molecule has 0 aliphatic carbocycles. The largest absolute Gasteiger partial charge is 0.677 e. The van der Waals surface area contributed by atoms with Crippen LogP contribution in [0.3, 0.4) is 0 Å². The Balaban J connectivity index is 1.86. The molecule has 4 aromatic carbocycles. The van der Waals surface area contributed by atoms with Gasteiger partial charge in [0.2, 0.25) is 0 Å². The summed E-state index contributed by atoms with van der Waals surface area (Å²) in [6.07, 6.45) is 2.02. The van der Waals surface area contributed by atoms with Gasteiger partial charge in [0.05, 0.1) is 0 Å². The van der Waals surface area contributed by atoms with Gasteiger partial charge >= 0.3 is 7.40 Å². The Morgan fingerprint density at radius 2 is 1.35 bits per heavy atom. The van der Waals surface area contributed by atoms with E-state index in [1.54, 1.807) is 14.0 Å². The molecule has 0 spiro atoms. The molecule has 0 saturated heterocycles. The van der Waals surface area contributed by atoms with Crippen LogP contribution >= 0.6 is 0 Å². The van der Waals surface area contributed by atoms with E-state index in [2.05, 4.69) is 105 Å². The van der Waals surface area contributed by atoms with E-state index in [1.165, 1.54) is 15.4 Å². The summed E-state index contributed by atoms with van der Waals surface area (Å²) in [5, 5.41) is 2.32. The predicted molar refractivity (Wildman–Crippen MR) is 195 cm³/mol. The third-order valence-electron chi connectivity index (χ3n) is 8.99. The second-order valence-electron chi connectivity index (χ2n) is 13.3. The standard InChI is InChI=1S/C41H43BF2N2/c1-26(20-28(3)45-9)30(5)39(40-27(2)21-29(4)46(40)42(43)44)37-24-35(32-16-18-38(19-17-32)41(6,7)8)23-36(25-37)34-15-14-31-12-10-11-13-33(31)22-34/h10-25H,1-9H3/b26-20-,39-30+,45-28+. The normalized spacial score (nSPS) is 13.3. The molecule has 0 fully saturated rings. The zero-order valence-corrected chi connectivity index (χ0v) is 28.5. The van der Waals surface area contributed by atoms with Crippen molar-refractivity contribution >= 4 is 29.5 Å². The molecule has 2 nitrogen and oxygen atoms in total. The van der Waals surface area contributed by atoms with Crippen LogP contribution in [0.25, 0.3) is 38.6 Å². The van der Waals surface area contributed by atoms with Crippen molar-refractivity contribution in [3.05, 3.63) is 136 Å². The Labute approximate surface area is 273 Å². The lowest BCUT2D eigenvalue weighted by atomic mass is 9.85. The smallest absolute Gasteiger partial charge is 0.329 e. The number of hydrogen-bond donors (Lipinski definition) is 0. The van der Waals surface area contributed by atoms with Gasteiger partial charge in [-0.1, -0.05) is 81.4 Å². The number of aryl methyl sites for hydroxylation is 2. The molecule has 1 aromatic heterocycles. The first kappa shape index (κ1) is 32.9. The second-order valence-corrected chi connectivity index (χ2v) is 13.3. The number of allylic oxidation sites excluding steroid dienone is 3. The molecule has 5 aromatic rings. The maximum Gasteiger partial charge on any atom is 0.677 e. The van der Waals surface area contributed by atoms with Gasteiger partial charge in [0.1, 0.15) is 0 Å². The lowest BCUT2D eigenvalue weighted by molar-refractivity contribution is 0.590. The van der Waals surface area contributed by atoms with Crippen molar-refractivity contribution in [3.8, 4) is 22.3 Å². The maximum absolute atomic E-state index is 14.8. The van der Waals surface area contributed by atoms with Crippen LogP contribution in [0.4, 0.5) is 8.63 Å². The van der Waals surface area contributed by atoms with Crippen LogP contribution in [-0.2, 0) is 5.41 Å². The summed E-state index contributed by atoms with van der Waals surface area (Å²) in [4.78, 5) is 4.33. The van der Waals surface area contributed by atoms with E-state index in [0.29, 0.717) is 11.4 Å². The third-order valence-corrected chi connectivity index (χ3v) is 8.99. The Hall–Kier alpha value is -4.51. The lowest BCUT2D eigenvalue weighted by Crippen LogP contribution is -2.18. The highest BCUT2D eigenvalue weighted by Gasteiger charge is 2.28. The third kappa shape index (κ3) is 6.70. The number of aliphatic imine (C=N–C) groups is 1. The van der Waals surface area contributed by atoms with E-state index in [9.17, 15) is 8.63 Å². The zero-order valence-electron chi connectivity index (χ0n) is 28.5. The first-order chi connectivity index (χ1) is 21.8. The molecule has 0 saturated carbocycles. The molecule has 0 radical (unpaired) electrons. The molecular formula is C41H43BF2N2. The number of fused-ring (bicyclic) bond motifs is 1. The summed E-state index contributed by atoms with van der Waals surface area (Å²) >= 11 is 0. The molecule has 0 unspecified atom stereocenters. The molecule has 0 bridgehead atoms. The van der Waals surface area contributed by atoms with Gasteiger partial charge in [-0.2, -0.15) is 0 Å². The fourth-order valence-corrected chi connectivity index (χ4v) is 6.24. The average Bonchev–Trinajstić information content (AvgIpc) is 3.33. The van der Waals surface area contributed by atoms with E-state index in [4.69, 9.17) is 0 Å². The van der Waals surface area contributed by atoms with Crippen LogP contribution in [0.2, 0.25) is 0 Å². The van der Waals surface area contributed by atoms with Crippen molar-refractivity contribution in [1.29, 1.82) is 0 Å². The van der Waals surface area contributed by atoms with Crippen molar-refractivity contribution in [1.82, 2.24) is 4.48 Å². The highest BCUT2D eigenvalue weighted by atomic mass is 19.2. The number of benzene rings is 4. The molecule has 0 N–H and O–H groups in total. The van der Waals surface area contributed by atoms with Gasteiger partial charge in [0.25, 0.3) is 0 Å². The van der Waals surface area contributed by atoms with Gasteiger partial charge in [0.15, 0.2) is 0 Å². The van der Waals surface area contributed by atoms with Crippen LogP contribution < -0.4 is 0 Å². The molecule has 5 heteroatoms. The molecule has 1 heterocycles. The van der Waals surface area contributed by atoms with E-state index < -0.39 is 7.40 Å². The van der Waals surface area contributed by atoms with Crippen molar-refractivity contribution in [2.24, 2.45) is 4.99 Å². The zero-order chi connectivity index (χ0) is 33.3. The Morgan fingerprint density at radius 3 is 1.96 bits per heavy atom. The fraction of sp³-hybridized carbons (Fsp3) is 0.244. The maximum atomic E-state index is 14.8. The number of halogens is 2. The molecule has 0 amide bonds. The number of rotatable bonds is 7. The van der Waals surface area contributed by atoms with Gasteiger partial charge < -0.3 is 4.48 Å². The van der Waals surface area contributed by atoms with Crippen molar-refractivity contribution in [2.75, 3.05) is 7.05 Å². The first-order valence-electron chi connectivity index (χ1n) is 15.8. The Kier molecular flexibility index (Phi) is 9.35. The van der Waals surface area contributed by atoms with Gasteiger partial charge in [0, 0.05) is 29.7 Å². The minimum Gasteiger partial charge on any atom is -0.329 e. The minimum atomic E-state index is -2.68. The topological polar surface area (TPSA) is 17.3 Å². The average molecular weight is 613 g/mol. The molecular weight excluding hydrogens is 569 g/mol. The monoisotopic (exact) mass is 612 g/mol. The first-order valence-corrected chi connectivity index (χ1v) is 15.8. The summed E-state index contributed by atoms with van der Waals surface area (Å²) in [6.45, 7) is 16.3. The van der Waals surface area contributed by atoms with Gasteiger partial charge in [-0.25, -0.2) is 0 Å². The van der Waals surface area contributed by atoms with E-state index in [1.807, 2.05) is 45.9 Å². The summed E-state index contributed by atoms with van der Waals surface area (Å²) in [5.41, 5.74) is 11.8. The molecule has 0 aliphatic rings. The van der Waals surface area contributed by atoms with Crippen LogP contribution in [0.15, 0.2) is 113 Å². The second kappa shape index (κ2) is 13.1. The molecule has 0 atom stereocenters. The Bertz CT molecular complexity index is 2000. The van der Waals surface area contributed by atoms with Crippen LogP contribution in [0.5, 0.6) is 0 Å². The molecule has 46 heavy (non-hydrogen) atoms. The number of hydrogen-bond acceptors (Lipinski definition) is 1. The van der Waals surface area contributed by atoms with E-state index in [0.717, 1.165) is 61.2 Å². The van der Waals surface area contributed by atoms with Crippen molar-refractivity contribution in [3.63, 3.8) is 0 Å². The Morgan fingerprint density at radius 1 is 0.739 bits per heavy atom. The minimum absolute atomic E-state index is 0.0313. The molecule has 234 valence electrons. The molecule has 5 rings (SSSR count). The van der Waals surface area contributed by atoms with Crippen molar-refractivity contribution < 1.29 is 8.63 Å². The highest BCUT2D eigenvalue weighted by Crippen LogP contribution is 2.39. The summed E-state index contributed by atoms with van der Waals surface area (Å²) < 4.78 is 30.7. The number of aromatic nitrogens is 1. The summed E-state index contributed by atoms with van der Waals surface area (Å²) in [5.74, 6) is 0. The van der Waals surface area contributed by atoms with Gasteiger partial charge in [-0.15, -0.1) is 0 Å². The molecule has 0 aliphatic heterocycles. The van der Waals surface area contributed by atoms with E-state index >= 15 is 0 Å². The van der Waals surface area contributed by atoms with Gasteiger partial charge in [-0.05, 0) is 137 Å². The summed E-state index contributed by atoms with van der Waals surface area (Å²) in [7, 11) is -0.915. The van der Waals surface area contributed by atoms with Gasteiger partial charge in [-0.3, -0.25) is 13.6 Å². The van der Waals surface area contributed by atoms with Crippen LogP contribution in [0.1, 0.15) is 69.6 Å². The fourth-order valence-electron chi connectivity index (χ4n) is 6.24. The van der Waals surface area contributed by atoms with Crippen LogP contribution in [-0.4, -0.2) is 24.6 Å². The predicted octanol–water partition coefficient (Wildman–Crippen LogP) is 11.5.